The van der Waals surface area contributed by atoms with Gasteiger partial charge in [0.25, 0.3) is 0 Å². The van der Waals surface area contributed by atoms with Gasteiger partial charge in [-0.05, 0) is 43.6 Å². The average molecular weight is 331 g/mol. The normalized spacial score (nSPS) is 14.7. The maximum absolute atomic E-state index is 11.3. The summed E-state index contributed by atoms with van der Waals surface area (Å²) >= 11 is 0. The third kappa shape index (κ3) is 5.74. The van der Waals surface area contributed by atoms with Gasteiger partial charge in [-0.25, -0.2) is 0 Å². The lowest BCUT2D eigenvalue weighted by Gasteiger charge is -2.26. The first kappa shape index (κ1) is 18.1. The summed E-state index contributed by atoms with van der Waals surface area (Å²) < 4.78 is 11.2. The zero-order chi connectivity index (χ0) is 17.2. The summed E-state index contributed by atoms with van der Waals surface area (Å²) in [6, 6.07) is 7.43. The highest BCUT2D eigenvalue weighted by molar-refractivity contribution is 5.77. The number of piperidine rings is 1. The van der Waals surface area contributed by atoms with Gasteiger partial charge in [0, 0.05) is 13.1 Å². The molecule has 6 heteroatoms. The molecule has 0 aromatic heterocycles. The molecule has 1 aromatic carbocycles. The van der Waals surface area contributed by atoms with Crippen molar-refractivity contribution in [1.82, 2.24) is 10.2 Å². The Kier molecular flexibility index (Phi) is 7.37. The van der Waals surface area contributed by atoms with Crippen LogP contribution in [0, 0.1) is 11.3 Å². The minimum absolute atomic E-state index is 0.130. The van der Waals surface area contributed by atoms with Crippen LogP contribution in [0.25, 0.3) is 0 Å². The van der Waals surface area contributed by atoms with E-state index < -0.39 is 0 Å². The average Bonchev–Trinajstić information content (AvgIpc) is 2.62. The lowest BCUT2D eigenvalue weighted by atomic mass is 10.1. The lowest BCUT2D eigenvalue weighted by Crippen LogP contribution is -2.33. The number of likely N-dealkylation sites (tertiary alicyclic amines) is 1. The zero-order valence-electron chi connectivity index (χ0n) is 14.2. The summed E-state index contributed by atoms with van der Waals surface area (Å²) in [6.07, 6.45) is 3.75. The van der Waals surface area contributed by atoms with Crippen LogP contribution in [-0.2, 0) is 11.3 Å². The molecule has 6 nitrogen and oxygen atoms in total. The van der Waals surface area contributed by atoms with Gasteiger partial charge in [-0.15, -0.1) is 0 Å². The predicted molar refractivity (Wildman–Crippen MR) is 90.9 cm³/mol. The Labute approximate surface area is 143 Å². The molecule has 0 atom stereocenters. The molecule has 1 N–H and O–H groups in total. The Morgan fingerprint density at radius 1 is 1.29 bits per heavy atom. The van der Waals surface area contributed by atoms with Crippen LogP contribution in [0.4, 0.5) is 0 Å². The maximum atomic E-state index is 11.3. The number of carbonyl (C=O) groups is 1. The molecular formula is C18H25N3O3. The first-order valence-corrected chi connectivity index (χ1v) is 8.38. The summed E-state index contributed by atoms with van der Waals surface area (Å²) in [4.78, 5) is 13.8. The number of ether oxygens (including phenoxy) is 2. The van der Waals surface area contributed by atoms with E-state index in [1.165, 1.54) is 19.3 Å². The molecule has 24 heavy (non-hydrogen) atoms. The van der Waals surface area contributed by atoms with Crippen LogP contribution in [0.3, 0.4) is 0 Å². The number of hydrogen-bond donors (Lipinski definition) is 1. The van der Waals surface area contributed by atoms with Crippen LogP contribution in [0.2, 0.25) is 0 Å². The van der Waals surface area contributed by atoms with Gasteiger partial charge in [-0.1, -0.05) is 12.5 Å². The summed E-state index contributed by atoms with van der Waals surface area (Å²) in [5.41, 5.74) is 0.904. The van der Waals surface area contributed by atoms with Gasteiger partial charge in [-0.2, -0.15) is 5.26 Å². The minimum atomic E-state index is -0.279. The molecule has 130 valence electrons. The molecule has 1 saturated heterocycles. The molecule has 1 heterocycles. The fraction of sp³-hybridized carbons (Fsp3) is 0.556. The number of rotatable bonds is 8. The minimum Gasteiger partial charge on any atom is -0.493 e. The molecule has 1 aliphatic rings. The van der Waals surface area contributed by atoms with Crippen LogP contribution >= 0.6 is 0 Å². The van der Waals surface area contributed by atoms with Gasteiger partial charge < -0.3 is 14.8 Å². The molecule has 1 aliphatic heterocycles. The molecule has 1 aromatic rings. The van der Waals surface area contributed by atoms with Crippen molar-refractivity contribution in [1.29, 1.82) is 5.26 Å². The zero-order valence-corrected chi connectivity index (χ0v) is 14.2. The molecule has 0 radical (unpaired) electrons. The van der Waals surface area contributed by atoms with E-state index in [1.807, 2.05) is 24.3 Å². The molecule has 0 spiro atoms. The number of nitriles is 1. The number of benzene rings is 1. The highest BCUT2D eigenvalue weighted by atomic mass is 16.5. The van der Waals surface area contributed by atoms with Gasteiger partial charge >= 0.3 is 0 Å². The van der Waals surface area contributed by atoms with Crippen LogP contribution < -0.4 is 14.8 Å². The van der Waals surface area contributed by atoms with E-state index in [2.05, 4.69) is 10.2 Å². The number of carbonyl (C=O) groups excluding carboxylic acids is 1. The smallest absolute Gasteiger partial charge is 0.234 e. The molecule has 0 bridgehead atoms. The van der Waals surface area contributed by atoms with Gasteiger partial charge in [0.2, 0.25) is 5.91 Å². The van der Waals surface area contributed by atoms with Crippen molar-refractivity contribution < 1.29 is 14.3 Å². The number of methoxy groups -OCH3 is 1. The topological polar surface area (TPSA) is 74.6 Å². The lowest BCUT2D eigenvalue weighted by molar-refractivity contribution is -0.120. The van der Waals surface area contributed by atoms with Crippen molar-refractivity contribution >= 4 is 5.91 Å². The highest BCUT2D eigenvalue weighted by Crippen LogP contribution is 2.28. The molecule has 1 fully saturated rings. The SMILES string of the molecule is COc1cc(CNC(=O)CC#N)ccc1OCCN1CCCCC1. The molecule has 0 aliphatic carbocycles. The Balaban J connectivity index is 1.84. The van der Waals surface area contributed by atoms with Crippen molar-refractivity contribution in [2.75, 3.05) is 33.4 Å². The first-order chi connectivity index (χ1) is 11.7. The Bertz CT molecular complexity index is 577. The standard InChI is InChI=1S/C18H25N3O3/c1-23-17-13-15(14-20-18(22)7-8-19)5-6-16(17)24-12-11-21-9-3-2-4-10-21/h5-6,13H,2-4,7,9-12,14H2,1H3,(H,20,22). The largest absolute Gasteiger partial charge is 0.493 e. The Hall–Kier alpha value is -2.26. The number of nitrogens with one attached hydrogen (secondary N) is 1. The second kappa shape index (κ2) is 9.78. The number of amides is 1. The van der Waals surface area contributed by atoms with Gasteiger partial charge in [0.15, 0.2) is 11.5 Å². The van der Waals surface area contributed by atoms with Crippen molar-refractivity contribution in [2.24, 2.45) is 0 Å². The third-order valence-corrected chi connectivity index (χ3v) is 4.07. The van der Waals surface area contributed by atoms with Gasteiger partial charge in [0.1, 0.15) is 13.0 Å². The Morgan fingerprint density at radius 2 is 2.08 bits per heavy atom. The maximum Gasteiger partial charge on any atom is 0.234 e. The molecular weight excluding hydrogens is 306 g/mol. The van der Waals surface area contributed by atoms with Crippen molar-refractivity contribution in [3.8, 4) is 17.6 Å². The third-order valence-electron chi connectivity index (χ3n) is 4.07. The molecule has 0 saturated carbocycles. The summed E-state index contributed by atoms with van der Waals surface area (Å²) in [7, 11) is 1.60. The van der Waals surface area contributed by atoms with Crippen molar-refractivity contribution in [2.45, 2.75) is 32.2 Å². The van der Waals surface area contributed by atoms with E-state index in [1.54, 1.807) is 7.11 Å². The van der Waals surface area contributed by atoms with Crippen molar-refractivity contribution in [3.63, 3.8) is 0 Å². The highest BCUT2D eigenvalue weighted by Gasteiger charge is 2.11. The summed E-state index contributed by atoms with van der Waals surface area (Å²) in [5, 5.41) is 11.2. The van der Waals surface area contributed by atoms with Crippen LogP contribution in [0.1, 0.15) is 31.2 Å². The van der Waals surface area contributed by atoms with Gasteiger partial charge in [-0.3, -0.25) is 9.69 Å². The monoisotopic (exact) mass is 331 g/mol. The Morgan fingerprint density at radius 3 is 2.79 bits per heavy atom. The van der Waals surface area contributed by atoms with E-state index >= 15 is 0 Å². The summed E-state index contributed by atoms with van der Waals surface area (Å²) in [5.74, 6) is 1.08. The van der Waals surface area contributed by atoms with E-state index in [-0.39, 0.29) is 12.3 Å². The fourth-order valence-corrected chi connectivity index (χ4v) is 2.74. The first-order valence-electron chi connectivity index (χ1n) is 8.38. The second-order valence-electron chi connectivity index (χ2n) is 5.85. The van der Waals surface area contributed by atoms with E-state index in [0.29, 0.717) is 24.7 Å². The molecule has 2 rings (SSSR count). The molecule has 1 amide bonds. The number of hydrogen-bond acceptors (Lipinski definition) is 5. The quantitative estimate of drug-likeness (QED) is 0.789. The number of nitrogens with zero attached hydrogens (tertiary/aromatic N) is 2. The van der Waals surface area contributed by atoms with Gasteiger partial charge in [0.05, 0.1) is 13.2 Å². The van der Waals surface area contributed by atoms with E-state index in [4.69, 9.17) is 14.7 Å². The van der Waals surface area contributed by atoms with Crippen molar-refractivity contribution in [3.05, 3.63) is 23.8 Å². The van der Waals surface area contributed by atoms with Crippen LogP contribution in [0.15, 0.2) is 18.2 Å². The van der Waals surface area contributed by atoms with E-state index in [9.17, 15) is 4.79 Å². The fourth-order valence-electron chi connectivity index (χ4n) is 2.74. The van der Waals surface area contributed by atoms with E-state index in [0.717, 1.165) is 25.2 Å². The second-order valence-corrected chi connectivity index (χ2v) is 5.85. The predicted octanol–water partition coefficient (Wildman–Crippen LogP) is 2.09. The summed E-state index contributed by atoms with van der Waals surface area (Å²) in [6.45, 7) is 4.23. The van der Waals surface area contributed by atoms with Crippen LogP contribution in [0.5, 0.6) is 11.5 Å². The van der Waals surface area contributed by atoms with Crippen LogP contribution in [-0.4, -0.2) is 44.2 Å². The molecule has 0 unspecified atom stereocenters.